The van der Waals surface area contributed by atoms with Gasteiger partial charge >= 0.3 is 17.6 Å². The van der Waals surface area contributed by atoms with Gasteiger partial charge in [-0.25, -0.2) is 14.4 Å². The summed E-state index contributed by atoms with van der Waals surface area (Å²) in [5.74, 6) is -2.54. The maximum Gasteiger partial charge on any atom is 0.328 e. The Balaban J connectivity index is 0.000000482. The molecule has 3 aromatic rings. The van der Waals surface area contributed by atoms with Gasteiger partial charge in [-0.3, -0.25) is 13.9 Å². The van der Waals surface area contributed by atoms with Crippen molar-refractivity contribution in [3.05, 3.63) is 64.6 Å². The first-order valence-corrected chi connectivity index (χ1v) is 12.3. The van der Waals surface area contributed by atoms with E-state index in [4.69, 9.17) is 14.9 Å². The molecule has 4 rings (SSSR count). The number of β-amino-alcohol motifs (C(OH)–C–C–N with tert-alkyl or cyclic N) is 1. The van der Waals surface area contributed by atoms with Crippen LogP contribution in [-0.4, -0.2) is 66.1 Å². The van der Waals surface area contributed by atoms with Gasteiger partial charge in [0.1, 0.15) is 11.5 Å². The summed E-state index contributed by atoms with van der Waals surface area (Å²) in [5.41, 5.74) is 2.07. The molecule has 13 heteroatoms. The van der Waals surface area contributed by atoms with Crippen LogP contribution in [0.4, 0.5) is 5.69 Å². The van der Waals surface area contributed by atoms with Gasteiger partial charge in [0.05, 0.1) is 22.8 Å². The number of imidazole rings is 1. The van der Waals surface area contributed by atoms with Crippen LogP contribution in [0.2, 0.25) is 0 Å². The molecule has 1 aliphatic rings. The van der Waals surface area contributed by atoms with Crippen LogP contribution >= 0.6 is 0 Å². The third-order valence-electron chi connectivity index (χ3n) is 6.24. The Morgan fingerprint density at radius 3 is 2.38 bits per heavy atom. The van der Waals surface area contributed by atoms with E-state index in [1.165, 1.54) is 12.1 Å². The van der Waals surface area contributed by atoms with Crippen molar-refractivity contribution >= 4 is 34.6 Å². The first-order chi connectivity index (χ1) is 18.8. The quantitative estimate of drug-likeness (QED) is 0.211. The van der Waals surface area contributed by atoms with E-state index in [-0.39, 0.29) is 36.0 Å². The number of aryl methyl sites for hydroxylation is 2. The standard InChI is InChI=1S/C23H28N4O5.C4H4O4/c1-23(2,8-9-27-18-7-5-4-6-17(18)26(3)22(27)31)24-12-19(29)15-10-14(28)11-16-21(15)32-13-20(30)25-16;5-3(6)1-2-4(7)8/h4-7,10-11,19,24,28-29H,8-9,12-13H2,1-3H3,(H,25,30);1-2H,(H,5,6)(H,7,8)/b;2-1-/t19-;/m0./s1. The second kappa shape index (κ2) is 12.5. The lowest BCUT2D eigenvalue weighted by Crippen LogP contribution is -2.43. The number of hydrogen-bond donors (Lipinski definition) is 6. The van der Waals surface area contributed by atoms with Gasteiger partial charge in [-0.05, 0) is 38.5 Å². The number of rotatable bonds is 9. The van der Waals surface area contributed by atoms with Crippen LogP contribution in [0.1, 0.15) is 31.9 Å². The lowest BCUT2D eigenvalue weighted by atomic mass is 9.99. The molecule has 0 unspecified atom stereocenters. The zero-order chi connectivity index (χ0) is 29.6. The average molecular weight is 557 g/mol. The first-order valence-electron chi connectivity index (χ1n) is 12.3. The van der Waals surface area contributed by atoms with Crippen molar-refractivity contribution in [1.29, 1.82) is 0 Å². The van der Waals surface area contributed by atoms with Crippen LogP contribution in [0.5, 0.6) is 11.5 Å². The van der Waals surface area contributed by atoms with Gasteiger partial charge in [-0.15, -0.1) is 0 Å². The summed E-state index contributed by atoms with van der Waals surface area (Å²) in [7, 11) is 1.77. The SMILES string of the molecule is Cn1c(=O)n(CCC(C)(C)NC[C@H](O)c2cc(O)cc3c2OCC(=O)N3)c2ccccc21.O=C(O)/C=C\C(=O)O. The number of hydrogen-bond acceptors (Lipinski definition) is 8. The van der Waals surface area contributed by atoms with Crippen molar-refractivity contribution in [1.82, 2.24) is 14.5 Å². The largest absolute Gasteiger partial charge is 0.508 e. The lowest BCUT2D eigenvalue weighted by Gasteiger charge is -2.29. The summed E-state index contributed by atoms with van der Waals surface area (Å²) in [6.07, 6.45) is 0.800. The van der Waals surface area contributed by atoms with Gasteiger partial charge in [-0.2, -0.15) is 0 Å². The number of aliphatic hydroxyl groups excluding tert-OH is 1. The predicted octanol–water partition coefficient (Wildman–Crippen LogP) is 1.58. The van der Waals surface area contributed by atoms with E-state index in [0.29, 0.717) is 42.1 Å². The Morgan fingerprint density at radius 2 is 1.75 bits per heavy atom. The van der Waals surface area contributed by atoms with Crippen LogP contribution in [0.25, 0.3) is 11.0 Å². The molecule has 0 fully saturated rings. The maximum atomic E-state index is 12.6. The van der Waals surface area contributed by atoms with E-state index in [1.807, 2.05) is 38.1 Å². The number of para-hydroxylation sites is 2. The number of phenolic OH excluding ortho intramolecular Hbond substituents is 1. The number of amides is 1. The van der Waals surface area contributed by atoms with Crippen LogP contribution in [-0.2, 0) is 28.0 Å². The van der Waals surface area contributed by atoms with Crippen molar-refractivity contribution in [3.8, 4) is 11.5 Å². The van der Waals surface area contributed by atoms with Gasteiger partial charge in [0.15, 0.2) is 6.61 Å². The molecule has 0 aliphatic carbocycles. The predicted molar refractivity (Wildman–Crippen MR) is 145 cm³/mol. The number of aromatic hydroxyl groups is 1. The highest BCUT2D eigenvalue weighted by molar-refractivity contribution is 5.96. The Bertz CT molecular complexity index is 1490. The van der Waals surface area contributed by atoms with Crippen LogP contribution in [0.15, 0.2) is 53.3 Å². The van der Waals surface area contributed by atoms with Crippen molar-refractivity contribution in [2.75, 3.05) is 18.5 Å². The summed E-state index contributed by atoms with van der Waals surface area (Å²) in [5, 5.41) is 42.4. The van der Waals surface area contributed by atoms with Crippen molar-refractivity contribution < 1.29 is 39.5 Å². The van der Waals surface area contributed by atoms with Crippen molar-refractivity contribution in [2.45, 2.75) is 38.5 Å². The van der Waals surface area contributed by atoms with E-state index < -0.39 is 18.0 Å². The second-order valence-corrected chi connectivity index (χ2v) is 9.77. The zero-order valence-electron chi connectivity index (χ0n) is 22.2. The van der Waals surface area contributed by atoms with E-state index in [9.17, 15) is 29.4 Å². The molecule has 0 saturated heterocycles. The molecule has 2 heterocycles. The Kier molecular flexibility index (Phi) is 9.35. The Hall–Kier alpha value is -4.62. The number of aliphatic carboxylic acids is 2. The molecule has 1 amide bonds. The number of carbonyl (C=O) groups excluding carboxylic acids is 1. The van der Waals surface area contributed by atoms with Crippen LogP contribution in [0.3, 0.4) is 0 Å². The number of fused-ring (bicyclic) bond motifs is 2. The van der Waals surface area contributed by atoms with E-state index in [2.05, 4.69) is 10.6 Å². The minimum atomic E-state index is -1.26. The number of aromatic nitrogens is 2. The molecular formula is C27H32N4O9. The van der Waals surface area contributed by atoms with Gasteiger partial charge in [-0.1, -0.05) is 12.1 Å². The highest BCUT2D eigenvalue weighted by Gasteiger charge is 2.26. The molecule has 0 saturated carbocycles. The minimum Gasteiger partial charge on any atom is -0.508 e. The highest BCUT2D eigenvalue weighted by Crippen LogP contribution is 2.38. The van der Waals surface area contributed by atoms with Gasteiger partial charge < -0.3 is 35.8 Å². The maximum absolute atomic E-state index is 12.6. The minimum absolute atomic E-state index is 0.0624. The average Bonchev–Trinajstić information content (AvgIpc) is 3.14. The van der Waals surface area contributed by atoms with E-state index in [0.717, 1.165) is 11.0 Å². The lowest BCUT2D eigenvalue weighted by molar-refractivity contribution is -0.134. The molecule has 1 aliphatic heterocycles. The Morgan fingerprint density at radius 1 is 1.12 bits per heavy atom. The summed E-state index contributed by atoms with van der Waals surface area (Å²) < 4.78 is 8.89. The molecule has 0 spiro atoms. The van der Waals surface area contributed by atoms with Gasteiger partial charge in [0.2, 0.25) is 0 Å². The summed E-state index contributed by atoms with van der Waals surface area (Å²) in [6.45, 7) is 4.59. The molecule has 1 aromatic heterocycles. The molecule has 214 valence electrons. The van der Waals surface area contributed by atoms with Crippen LogP contribution in [0, 0.1) is 0 Å². The molecule has 0 bridgehead atoms. The molecule has 6 N–H and O–H groups in total. The zero-order valence-corrected chi connectivity index (χ0v) is 22.2. The fourth-order valence-electron chi connectivity index (χ4n) is 4.15. The van der Waals surface area contributed by atoms with Crippen molar-refractivity contribution in [2.24, 2.45) is 7.05 Å². The van der Waals surface area contributed by atoms with Gasteiger partial charge in [0.25, 0.3) is 5.91 Å². The first kappa shape index (κ1) is 29.9. The van der Waals surface area contributed by atoms with E-state index in [1.54, 1.807) is 16.2 Å². The monoisotopic (exact) mass is 556 g/mol. The number of nitrogens with one attached hydrogen (secondary N) is 2. The normalized spacial score (nSPS) is 13.7. The number of carbonyl (C=O) groups is 3. The summed E-state index contributed by atoms with van der Waals surface area (Å²) in [6, 6.07) is 10.5. The Labute approximate surface area is 228 Å². The molecule has 2 aromatic carbocycles. The fourth-order valence-corrected chi connectivity index (χ4v) is 4.15. The highest BCUT2D eigenvalue weighted by atomic mass is 16.5. The topological polar surface area (TPSA) is 192 Å². The molecule has 1 atom stereocenters. The van der Waals surface area contributed by atoms with Crippen LogP contribution < -0.4 is 21.1 Å². The summed E-state index contributed by atoms with van der Waals surface area (Å²) >= 11 is 0. The van der Waals surface area contributed by atoms with Gasteiger partial charge in [0, 0.05) is 49.5 Å². The molecule has 0 radical (unpaired) electrons. The fraction of sp³-hybridized carbons (Fsp3) is 0.333. The third-order valence-corrected chi connectivity index (χ3v) is 6.24. The number of benzene rings is 2. The number of ether oxygens (including phenoxy) is 1. The third kappa shape index (κ3) is 7.48. The smallest absolute Gasteiger partial charge is 0.328 e. The molecule has 40 heavy (non-hydrogen) atoms. The number of aliphatic hydroxyl groups is 1. The number of nitrogens with zero attached hydrogens (tertiary/aromatic N) is 2. The van der Waals surface area contributed by atoms with E-state index >= 15 is 0 Å². The van der Waals surface area contributed by atoms with Crippen molar-refractivity contribution in [3.63, 3.8) is 0 Å². The summed E-state index contributed by atoms with van der Waals surface area (Å²) in [4.78, 5) is 43.3. The number of carboxylic acids is 2. The number of anilines is 1. The number of phenols is 1. The molecule has 13 nitrogen and oxygen atoms in total. The number of carboxylic acid groups (broad SMARTS) is 2. The molecular weight excluding hydrogens is 524 g/mol. The second-order valence-electron chi connectivity index (χ2n) is 9.77.